The van der Waals surface area contributed by atoms with Crippen LogP contribution >= 0.6 is 0 Å². The number of hydrogen-bond donors (Lipinski definition) is 1. The summed E-state index contributed by atoms with van der Waals surface area (Å²) < 4.78 is 0. The van der Waals surface area contributed by atoms with Crippen molar-refractivity contribution in [3.05, 3.63) is 35.4 Å². The number of carbonyl (C=O) groups excluding carboxylic acids is 1. The lowest BCUT2D eigenvalue weighted by molar-refractivity contribution is -0.151. The summed E-state index contributed by atoms with van der Waals surface area (Å²) in [4.78, 5) is 14.5. The second kappa shape index (κ2) is 6.64. The van der Waals surface area contributed by atoms with Crippen LogP contribution in [-0.2, 0) is 17.6 Å². The molecule has 1 aromatic rings. The third kappa shape index (κ3) is 3.95. The topological polar surface area (TPSA) is 40.5 Å². The minimum absolute atomic E-state index is 0.0581. The molecule has 2 aliphatic rings. The number of piperidine rings is 1. The number of hydrogen-bond acceptors (Lipinski definition) is 2. The normalized spacial score (nSPS) is 28.5. The molecule has 2 fully saturated rings. The van der Waals surface area contributed by atoms with E-state index in [1.165, 1.54) is 11.1 Å². The standard InChI is InChI=1S/C20H29NO2/c1-3-15-5-4-6-17(11-15)12-16-7-9-21(10-8-16)19(22)18-13-20(2,23)14-18/h4-6,11,16,18,23H,3,7-10,12-14H2,1-2H3. The highest BCUT2D eigenvalue weighted by Crippen LogP contribution is 2.39. The van der Waals surface area contributed by atoms with Crippen LogP contribution in [0.4, 0.5) is 0 Å². The molecular weight excluding hydrogens is 286 g/mol. The van der Waals surface area contributed by atoms with Crippen LogP contribution in [0.15, 0.2) is 24.3 Å². The zero-order valence-electron chi connectivity index (χ0n) is 14.4. The molecule has 1 amide bonds. The van der Waals surface area contributed by atoms with E-state index in [2.05, 4.69) is 31.2 Å². The van der Waals surface area contributed by atoms with Gasteiger partial charge >= 0.3 is 0 Å². The summed E-state index contributed by atoms with van der Waals surface area (Å²) in [6, 6.07) is 8.91. The van der Waals surface area contributed by atoms with E-state index in [0.717, 1.165) is 38.8 Å². The molecule has 0 spiro atoms. The maximum absolute atomic E-state index is 12.4. The summed E-state index contributed by atoms with van der Waals surface area (Å²) in [6.45, 7) is 5.79. The summed E-state index contributed by atoms with van der Waals surface area (Å²) in [7, 11) is 0. The number of rotatable bonds is 4. The van der Waals surface area contributed by atoms with Gasteiger partial charge in [0.05, 0.1) is 5.60 Å². The Balaban J connectivity index is 1.47. The number of aliphatic hydroxyl groups is 1. The largest absolute Gasteiger partial charge is 0.390 e. The average molecular weight is 315 g/mol. The van der Waals surface area contributed by atoms with E-state index in [9.17, 15) is 9.90 Å². The number of carbonyl (C=O) groups is 1. The van der Waals surface area contributed by atoms with E-state index >= 15 is 0 Å². The Bertz CT molecular complexity index is 551. The molecule has 1 saturated carbocycles. The van der Waals surface area contributed by atoms with Crippen molar-refractivity contribution in [2.45, 2.75) is 58.0 Å². The smallest absolute Gasteiger partial charge is 0.225 e. The first kappa shape index (κ1) is 16.5. The number of aryl methyl sites for hydroxylation is 1. The lowest BCUT2D eigenvalue weighted by Gasteiger charge is -2.43. The Morgan fingerprint density at radius 2 is 1.91 bits per heavy atom. The van der Waals surface area contributed by atoms with Gasteiger partial charge in [0, 0.05) is 19.0 Å². The molecule has 3 nitrogen and oxygen atoms in total. The van der Waals surface area contributed by atoms with E-state index < -0.39 is 5.60 Å². The quantitative estimate of drug-likeness (QED) is 0.927. The van der Waals surface area contributed by atoms with Crippen LogP contribution in [0.5, 0.6) is 0 Å². The van der Waals surface area contributed by atoms with E-state index in [0.29, 0.717) is 18.8 Å². The number of benzene rings is 1. The minimum atomic E-state index is -0.608. The van der Waals surface area contributed by atoms with E-state index in [1.54, 1.807) is 0 Å². The van der Waals surface area contributed by atoms with Crippen molar-refractivity contribution < 1.29 is 9.90 Å². The second-order valence-electron chi connectivity index (χ2n) is 7.75. The molecule has 23 heavy (non-hydrogen) atoms. The van der Waals surface area contributed by atoms with Gasteiger partial charge in [-0.05, 0) is 62.5 Å². The molecule has 1 aliphatic carbocycles. The van der Waals surface area contributed by atoms with Crippen molar-refractivity contribution in [3.63, 3.8) is 0 Å². The van der Waals surface area contributed by atoms with Crippen LogP contribution < -0.4 is 0 Å². The van der Waals surface area contributed by atoms with Gasteiger partial charge < -0.3 is 10.0 Å². The first-order valence-corrected chi connectivity index (χ1v) is 9.06. The molecule has 0 atom stereocenters. The van der Waals surface area contributed by atoms with Gasteiger partial charge in [0.1, 0.15) is 0 Å². The molecule has 126 valence electrons. The first-order chi connectivity index (χ1) is 11.0. The van der Waals surface area contributed by atoms with Crippen LogP contribution in [0.3, 0.4) is 0 Å². The van der Waals surface area contributed by atoms with Gasteiger partial charge in [-0.1, -0.05) is 31.2 Å². The molecule has 1 saturated heterocycles. The van der Waals surface area contributed by atoms with Crippen LogP contribution in [0.2, 0.25) is 0 Å². The zero-order chi connectivity index (χ0) is 16.4. The van der Waals surface area contributed by atoms with Crippen molar-refractivity contribution in [3.8, 4) is 0 Å². The Labute approximate surface area is 139 Å². The molecule has 0 bridgehead atoms. The maximum Gasteiger partial charge on any atom is 0.225 e. The molecule has 1 heterocycles. The predicted octanol–water partition coefficient (Wildman–Crippen LogP) is 3.19. The lowest BCUT2D eigenvalue weighted by atomic mass is 9.71. The third-order valence-corrected chi connectivity index (χ3v) is 5.57. The van der Waals surface area contributed by atoms with Crippen LogP contribution in [-0.4, -0.2) is 34.6 Å². The van der Waals surface area contributed by atoms with Crippen molar-refractivity contribution in [2.24, 2.45) is 11.8 Å². The average Bonchev–Trinajstić information content (AvgIpc) is 2.53. The van der Waals surface area contributed by atoms with Crippen molar-refractivity contribution >= 4 is 5.91 Å². The van der Waals surface area contributed by atoms with Crippen LogP contribution in [0.1, 0.15) is 50.7 Å². The Morgan fingerprint density at radius 1 is 1.26 bits per heavy atom. The molecule has 0 aromatic heterocycles. The van der Waals surface area contributed by atoms with Gasteiger partial charge in [0.25, 0.3) is 0 Å². The maximum atomic E-state index is 12.4. The van der Waals surface area contributed by atoms with Crippen molar-refractivity contribution in [1.82, 2.24) is 4.90 Å². The predicted molar refractivity (Wildman–Crippen MR) is 92.2 cm³/mol. The fourth-order valence-corrected chi connectivity index (χ4v) is 4.10. The first-order valence-electron chi connectivity index (χ1n) is 9.06. The molecule has 3 rings (SSSR count). The molecule has 1 N–H and O–H groups in total. The van der Waals surface area contributed by atoms with Crippen molar-refractivity contribution in [2.75, 3.05) is 13.1 Å². The molecule has 0 unspecified atom stereocenters. The summed E-state index contributed by atoms with van der Waals surface area (Å²) >= 11 is 0. The highest BCUT2D eigenvalue weighted by atomic mass is 16.3. The van der Waals surface area contributed by atoms with E-state index in [4.69, 9.17) is 0 Å². The second-order valence-corrected chi connectivity index (χ2v) is 7.75. The van der Waals surface area contributed by atoms with Crippen LogP contribution in [0.25, 0.3) is 0 Å². The number of amides is 1. The Hall–Kier alpha value is -1.35. The van der Waals surface area contributed by atoms with E-state index in [-0.39, 0.29) is 11.8 Å². The fourth-order valence-electron chi connectivity index (χ4n) is 4.10. The van der Waals surface area contributed by atoms with Gasteiger partial charge in [-0.3, -0.25) is 4.79 Å². The van der Waals surface area contributed by atoms with Gasteiger partial charge in [-0.15, -0.1) is 0 Å². The molecular formula is C20H29NO2. The molecule has 1 aromatic carbocycles. The number of nitrogens with zero attached hydrogens (tertiary/aromatic N) is 1. The molecule has 0 radical (unpaired) electrons. The van der Waals surface area contributed by atoms with Gasteiger partial charge in [0.2, 0.25) is 5.91 Å². The highest BCUT2D eigenvalue weighted by Gasteiger charge is 2.44. The SMILES string of the molecule is CCc1cccc(CC2CCN(C(=O)C3CC(C)(O)C3)CC2)c1. The number of likely N-dealkylation sites (tertiary alicyclic amines) is 1. The Kier molecular flexibility index (Phi) is 4.77. The third-order valence-electron chi connectivity index (χ3n) is 5.57. The summed E-state index contributed by atoms with van der Waals surface area (Å²) in [6.07, 6.45) is 5.70. The van der Waals surface area contributed by atoms with Crippen LogP contribution in [0, 0.1) is 11.8 Å². The van der Waals surface area contributed by atoms with Crippen molar-refractivity contribution in [1.29, 1.82) is 0 Å². The van der Waals surface area contributed by atoms with Gasteiger partial charge in [-0.25, -0.2) is 0 Å². The minimum Gasteiger partial charge on any atom is -0.390 e. The molecule has 1 aliphatic heterocycles. The molecule has 3 heteroatoms. The Morgan fingerprint density at radius 3 is 2.52 bits per heavy atom. The monoisotopic (exact) mass is 315 g/mol. The summed E-state index contributed by atoms with van der Waals surface area (Å²) in [5.41, 5.74) is 2.24. The summed E-state index contributed by atoms with van der Waals surface area (Å²) in [5.74, 6) is 1.02. The summed E-state index contributed by atoms with van der Waals surface area (Å²) in [5, 5.41) is 9.81. The van der Waals surface area contributed by atoms with Gasteiger partial charge in [-0.2, -0.15) is 0 Å². The van der Waals surface area contributed by atoms with E-state index in [1.807, 2.05) is 11.8 Å². The fraction of sp³-hybridized carbons (Fsp3) is 0.650. The zero-order valence-corrected chi connectivity index (χ0v) is 14.4. The lowest BCUT2D eigenvalue weighted by Crippen LogP contribution is -2.51. The highest BCUT2D eigenvalue weighted by molar-refractivity contribution is 5.80. The van der Waals surface area contributed by atoms with Gasteiger partial charge in [0.15, 0.2) is 0 Å².